The van der Waals surface area contributed by atoms with Crippen LogP contribution in [-0.4, -0.2) is 42.1 Å². The van der Waals surface area contributed by atoms with Crippen molar-refractivity contribution in [1.29, 1.82) is 0 Å². The van der Waals surface area contributed by atoms with Crippen LogP contribution in [0.3, 0.4) is 0 Å². The second-order valence-electron chi connectivity index (χ2n) is 5.38. The summed E-state index contributed by atoms with van der Waals surface area (Å²) >= 11 is 0. The van der Waals surface area contributed by atoms with E-state index in [1.807, 2.05) is 7.11 Å². The van der Waals surface area contributed by atoms with Crippen LogP contribution in [-0.2, 0) is 8.54 Å². The summed E-state index contributed by atoms with van der Waals surface area (Å²) in [6, 6.07) is 2.83. The lowest BCUT2D eigenvalue weighted by molar-refractivity contribution is 0.421. The number of rotatable bonds is 7. The summed E-state index contributed by atoms with van der Waals surface area (Å²) in [6.45, 7) is 11.5. The first-order valence-electron chi connectivity index (χ1n) is 5.46. The average molecular weight is 267 g/mol. The minimum atomic E-state index is -1.20. The predicted octanol–water partition coefficient (Wildman–Crippen LogP) is 1.28. The Kier molecular flexibility index (Phi) is 6.75. The van der Waals surface area contributed by atoms with Crippen LogP contribution in [0.15, 0.2) is 0 Å². The van der Waals surface area contributed by atoms with Gasteiger partial charge in [0, 0.05) is 16.1 Å². The minimum Gasteiger partial charge on any atom is -0.461 e. The van der Waals surface area contributed by atoms with Crippen LogP contribution >= 0.6 is 0 Å². The van der Waals surface area contributed by atoms with Gasteiger partial charge in [0.2, 0.25) is 0 Å². The summed E-state index contributed by atoms with van der Waals surface area (Å²) in [5, 5.41) is 0. The Hall–Kier alpha value is 0.788. The highest BCUT2D eigenvalue weighted by atomic mass is 29.2. The fraction of sp³-hybridized carbons (Fsp3) is 1.00. The van der Waals surface area contributed by atoms with Crippen molar-refractivity contribution in [2.24, 2.45) is 0 Å². The van der Waals surface area contributed by atoms with Gasteiger partial charge in [-0.3, -0.25) is 0 Å². The van der Waals surface area contributed by atoms with E-state index < -0.39 is 16.2 Å². The molecule has 0 saturated heterocycles. The van der Waals surface area contributed by atoms with Crippen LogP contribution in [0.1, 0.15) is 0 Å². The lowest BCUT2D eigenvalue weighted by Crippen LogP contribution is -2.37. The quantitative estimate of drug-likeness (QED) is 0.510. The van der Waals surface area contributed by atoms with Gasteiger partial charge in [-0.1, -0.05) is 6.04 Å². The van der Waals surface area contributed by atoms with Crippen molar-refractivity contribution < 1.29 is 8.54 Å². The average Bonchev–Trinajstić information content (AvgIpc) is 2.01. The zero-order valence-electron chi connectivity index (χ0n) is 10.6. The van der Waals surface area contributed by atoms with Gasteiger partial charge in [0.05, 0.1) is 0 Å². The molecular formula is C8H26O2Si4. The van der Waals surface area contributed by atoms with Crippen molar-refractivity contribution in [3.8, 4) is 0 Å². The van der Waals surface area contributed by atoms with Gasteiger partial charge in [0.25, 0.3) is 0 Å². The van der Waals surface area contributed by atoms with Crippen molar-refractivity contribution >= 4 is 35.0 Å². The monoisotopic (exact) mass is 266 g/mol. The topological polar surface area (TPSA) is 18.5 Å². The van der Waals surface area contributed by atoms with Gasteiger partial charge < -0.3 is 8.54 Å². The third kappa shape index (κ3) is 9.35. The molecule has 0 N–H and O–H groups in total. The van der Waals surface area contributed by atoms with Crippen molar-refractivity contribution in [1.82, 2.24) is 0 Å². The fourth-order valence-electron chi connectivity index (χ4n) is 1.13. The van der Waals surface area contributed by atoms with E-state index >= 15 is 0 Å². The van der Waals surface area contributed by atoms with Crippen molar-refractivity contribution in [3.63, 3.8) is 0 Å². The normalized spacial score (nSPS) is 15.0. The van der Waals surface area contributed by atoms with E-state index in [9.17, 15) is 0 Å². The zero-order chi connectivity index (χ0) is 11.2. The largest absolute Gasteiger partial charge is 0.461 e. The van der Waals surface area contributed by atoms with Crippen LogP contribution in [0.2, 0.25) is 44.8 Å². The van der Waals surface area contributed by atoms with Crippen LogP contribution in [0.5, 0.6) is 0 Å². The number of hydrogen-bond acceptors (Lipinski definition) is 2. The predicted molar refractivity (Wildman–Crippen MR) is 75.6 cm³/mol. The van der Waals surface area contributed by atoms with Gasteiger partial charge in [-0.15, -0.1) is 0 Å². The molecule has 0 amide bonds. The van der Waals surface area contributed by atoms with Crippen LogP contribution in [0.4, 0.5) is 0 Å². The Morgan fingerprint density at radius 3 is 2.00 bits per heavy atom. The molecule has 0 aliphatic heterocycles. The fourth-order valence-corrected chi connectivity index (χ4v) is 12.4. The molecule has 0 rings (SSSR count). The van der Waals surface area contributed by atoms with E-state index in [1.165, 1.54) is 12.1 Å². The van der Waals surface area contributed by atoms with Crippen LogP contribution < -0.4 is 0 Å². The van der Waals surface area contributed by atoms with Gasteiger partial charge in [-0.25, -0.2) is 0 Å². The summed E-state index contributed by atoms with van der Waals surface area (Å²) < 4.78 is 11.5. The Labute approximate surface area is 95.6 Å². The molecule has 86 valence electrons. The molecule has 6 heteroatoms. The maximum atomic E-state index is 5.95. The van der Waals surface area contributed by atoms with Crippen molar-refractivity contribution in [3.05, 3.63) is 0 Å². The Balaban J connectivity index is 3.39. The molecule has 0 saturated carbocycles. The van der Waals surface area contributed by atoms with Crippen LogP contribution in [0.25, 0.3) is 0 Å². The third-order valence-corrected chi connectivity index (χ3v) is 17.0. The zero-order valence-corrected chi connectivity index (χ0v) is 15.5. The molecule has 0 unspecified atom stereocenters. The first kappa shape index (κ1) is 14.8. The lowest BCUT2D eigenvalue weighted by Gasteiger charge is -2.20. The molecule has 0 atom stereocenters. The van der Waals surface area contributed by atoms with Crippen molar-refractivity contribution in [2.45, 2.75) is 44.8 Å². The maximum absolute atomic E-state index is 5.95. The summed E-state index contributed by atoms with van der Waals surface area (Å²) in [4.78, 5) is 0. The molecule has 0 heterocycles. The van der Waals surface area contributed by atoms with Gasteiger partial charge >= 0.3 is 0 Å². The summed E-state index contributed by atoms with van der Waals surface area (Å²) in [7, 11) is -0.621. The second kappa shape index (κ2) is 6.39. The summed E-state index contributed by atoms with van der Waals surface area (Å²) in [6.07, 6.45) is 0. The Morgan fingerprint density at radius 2 is 1.57 bits per heavy atom. The highest BCUT2D eigenvalue weighted by molar-refractivity contribution is 7.20. The SMILES string of the molecule is CO[Si](C)(C)[SiH2]CC[SiH2]O[Si](C)(C)C. The van der Waals surface area contributed by atoms with E-state index in [1.54, 1.807) is 0 Å². The smallest absolute Gasteiger partial charge is 0.169 e. The summed E-state index contributed by atoms with van der Waals surface area (Å²) in [5.74, 6) is 0. The third-order valence-electron chi connectivity index (χ3n) is 2.26. The lowest BCUT2D eigenvalue weighted by atomic mass is 11.0. The molecule has 0 spiro atoms. The van der Waals surface area contributed by atoms with Gasteiger partial charge in [0.15, 0.2) is 16.2 Å². The standard InChI is InChI=1S/C8H26O2Si4/c1-9-14(5,6)12-8-7-11-10-13(2,3)4/h7-8,11-12H2,1-6H3. The molecule has 0 aliphatic rings. The van der Waals surface area contributed by atoms with E-state index in [0.29, 0.717) is 0 Å². The molecule has 14 heavy (non-hydrogen) atoms. The Morgan fingerprint density at radius 1 is 1.00 bits per heavy atom. The highest BCUT2D eigenvalue weighted by Gasteiger charge is 2.20. The van der Waals surface area contributed by atoms with Gasteiger partial charge in [-0.2, -0.15) is 0 Å². The molecule has 0 aromatic heterocycles. The molecule has 0 fully saturated rings. The molecular weight excluding hydrogens is 240 g/mol. The Bertz CT molecular complexity index is 156. The maximum Gasteiger partial charge on any atom is 0.169 e. The van der Waals surface area contributed by atoms with E-state index in [-0.39, 0.29) is 18.8 Å². The summed E-state index contributed by atoms with van der Waals surface area (Å²) in [5.41, 5.74) is 0. The van der Waals surface area contributed by atoms with Gasteiger partial charge in [-0.05, 0) is 38.8 Å². The van der Waals surface area contributed by atoms with E-state index in [2.05, 4.69) is 32.7 Å². The minimum absolute atomic E-state index is 0.0619. The van der Waals surface area contributed by atoms with Gasteiger partial charge in [0.1, 0.15) is 9.76 Å². The second-order valence-corrected chi connectivity index (χ2v) is 23.6. The first-order chi connectivity index (χ1) is 6.27. The molecule has 0 aromatic carbocycles. The van der Waals surface area contributed by atoms with Crippen molar-refractivity contribution in [2.75, 3.05) is 7.11 Å². The molecule has 0 bridgehead atoms. The molecule has 0 aromatic rings. The molecule has 0 radical (unpaired) electrons. The van der Waals surface area contributed by atoms with Crippen LogP contribution in [0, 0.1) is 0 Å². The van der Waals surface area contributed by atoms with E-state index in [4.69, 9.17) is 8.54 Å². The highest BCUT2D eigenvalue weighted by Crippen LogP contribution is 2.06. The molecule has 2 nitrogen and oxygen atoms in total. The number of hydrogen-bond donors (Lipinski definition) is 0. The first-order valence-corrected chi connectivity index (χ1v) is 16.7. The molecule has 0 aliphatic carbocycles. The van der Waals surface area contributed by atoms with E-state index in [0.717, 1.165) is 0 Å².